The second kappa shape index (κ2) is 18.4. The third-order valence-corrected chi connectivity index (χ3v) is 14.1. The van der Waals surface area contributed by atoms with Crippen molar-refractivity contribution >= 4 is 49.6 Å². The lowest BCUT2D eigenvalue weighted by Gasteiger charge is -2.26. The van der Waals surface area contributed by atoms with Crippen LogP contribution in [0.5, 0.6) is 0 Å². The maximum Gasteiger partial charge on any atom is 0.0547 e. The second-order valence-electron chi connectivity index (χ2n) is 18.5. The number of benzene rings is 12. The Hall–Kier alpha value is -9.50. The first-order valence-corrected chi connectivity index (χ1v) is 24.7. The SMILES string of the molecule is c1ccc(-c2cccc(-c3ccc(N(c4ccc(-c5cc(-c6ccccc6)cc(-c6ccccc6)c5)cc4)c4cccc(-c5cccc6c5c5cc7ccccc7cc5n6-c5ccccc5)c4)cc3)c2)cc1. The van der Waals surface area contributed by atoms with Gasteiger partial charge in [-0.05, 0) is 169 Å². The summed E-state index contributed by atoms with van der Waals surface area (Å²) in [5, 5.41) is 4.93. The van der Waals surface area contributed by atoms with Gasteiger partial charge in [0.1, 0.15) is 0 Å². The van der Waals surface area contributed by atoms with Crippen LogP contribution in [-0.2, 0) is 0 Å². The van der Waals surface area contributed by atoms with E-state index in [0.29, 0.717) is 0 Å². The molecule has 1 heterocycles. The predicted octanol–water partition coefficient (Wildman–Crippen LogP) is 19.4. The van der Waals surface area contributed by atoms with Crippen molar-refractivity contribution in [3.8, 4) is 72.4 Å². The Labute approximate surface area is 420 Å². The lowest BCUT2D eigenvalue weighted by Crippen LogP contribution is -2.10. The molecule has 0 spiro atoms. The van der Waals surface area contributed by atoms with E-state index < -0.39 is 0 Å². The molecule has 0 amide bonds. The molecule has 72 heavy (non-hydrogen) atoms. The summed E-state index contributed by atoms with van der Waals surface area (Å²) >= 11 is 0. The van der Waals surface area contributed by atoms with E-state index >= 15 is 0 Å². The van der Waals surface area contributed by atoms with Gasteiger partial charge < -0.3 is 9.47 Å². The van der Waals surface area contributed by atoms with Gasteiger partial charge in [-0.15, -0.1) is 0 Å². The van der Waals surface area contributed by atoms with E-state index in [4.69, 9.17) is 0 Å². The average Bonchev–Trinajstić information content (AvgIpc) is 3.79. The molecule has 0 fully saturated rings. The fourth-order valence-corrected chi connectivity index (χ4v) is 10.6. The van der Waals surface area contributed by atoms with Crippen molar-refractivity contribution in [1.29, 1.82) is 0 Å². The summed E-state index contributed by atoms with van der Waals surface area (Å²) in [5.41, 5.74) is 21.0. The lowest BCUT2D eigenvalue weighted by atomic mass is 9.93. The molecule has 0 N–H and O–H groups in total. The molecule has 0 saturated carbocycles. The summed E-state index contributed by atoms with van der Waals surface area (Å²) in [4.78, 5) is 2.40. The van der Waals surface area contributed by atoms with Gasteiger partial charge in [-0.1, -0.05) is 200 Å². The molecule has 0 atom stereocenters. The van der Waals surface area contributed by atoms with Crippen molar-refractivity contribution in [2.75, 3.05) is 4.90 Å². The van der Waals surface area contributed by atoms with Crippen molar-refractivity contribution in [2.45, 2.75) is 0 Å². The van der Waals surface area contributed by atoms with Gasteiger partial charge in [0.05, 0.1) is 11.0 Å². The van der Waals surface area contributed by atoms with Gasteiger partial charge in [-0.3, -0.25) is 0 Å². The Morgan fingerprint density at radius 2 is 0.653 bits per heavy atom. The predicted molar refractivity (Wildman–Crippen MR) is 306 cm³/mol. The topological polar surface area (TPSA) is 8.17 Å². The summed E-state index contributed by atoms with van der Waals surface area (Å²) in [6.07, 6.45) is 0. The maximum absolute atomic E-state index is 2.42. The largest absolute Gasteiger partial charge is 0.310 e. The third kappa shape index (κ3) is 8.01. The van der Waals surface area contributed by atoms with Crippen LogP contribution in [0.4, 0.5) is 17.1 Å². The lowest BCUT2D eigenvalue weighted by molar-refractivity contribution is 1.18. The van der Waals surface area contributed by atoms with Crippen molar-refractivity contribution in [2.24, 2.45) is 0 Å². The van der Waals surface area contributed by atoms with Crippen LogP contribution in [0.3, 0.4) is 0 Å². The van der Waals surface area contributed by atoms with E-state index in [-0.39, 0.29) is 0 Å². The van der Waals surface area contributed by atoms with Gasteiger partial charge in [-0.2, -0.15) is 0 Å². The molecule has 13 aromatic rings. The molecule has 2 heteroatoms. The molecule has 0 aliphatic carbocycles. The Balaban J connectivity index is 0.948. The van der Waals surface area contributed by atoms with Crippen molar-refractivity contribution < 1.29 is 0 Å². The standard InChI is InChI=1S/C70H48N2/c1-5-18-49(19-6-1)54-26-15-27-55(42-54)52-34-38-63(39-35-52)71(64-40-36-53(37-41-64)61-44-59(50-20-7-2-8-21-50)43-60(45-61)51-22-9-3-10-23-51)65-31-16-28-58(46-65)66-32-17-33-68-70(66)67-47-56-24-13-14-25-57(56)48-69(67)72(68)62-29-11-4-12-30-62/h1-48H. The van der Waals surface area contributed by atoms with Crippen LogP contribution in [-0.4, -0.2) is 4.57 Å². The van der Waals surface area contributed by atoms with E-state index in [1.165, 1.54) is 88.2 Å². The van der Waals surface area contributed by atoms with E-state index in [1.54, 1.807) is 0 Å². The van der Waals surface area contributed by atoms with Crippen LogP contribution in [0.25, 0.3) is 105 Å². The van der Waals surface area contributed by atoms with Crippen LogP contribution >= 0.6 is 0 Å². The number of fused-ring (bicyclic) bond motifs is 4. The first kappa shape index (κ1) is 42.6. The summed E-state index contributed by atoms with van der Waals surface area (Å²) in [6.45, 7) is 0. The molecule has 0 saturated heterocycles. The van der Waals surface area contributed by atoms with Crippen molar-refractivity contribution in [3.63, 3.8) is 0 Å². The molecule has 13 rings (SSSR count). The summed E-state index contributed by atoms with van der Waals surface area (Å²) < 4.78 is 2.42. The van der Waals surface area contributed by atoms with Crippen molar-refractivity contribution in [3.05, 3.63) is 291 Å². The second-order valence-corrected chi connectivity index (χ2v) is 18.5. The van der Waals surface area contributed by atoms with E-state index in [1.807, 2.05) is 0 Å². The molecule has 2 nitrogen and oxygen atoms in total. The molecule has 0 radical (unpaired) electrons. The minimum absolute atomic E-state index is 1.07. The highest BCUT2D eigenvalue weighted by molar-refractivity contribution is 6.18. The first-order valence-electron chi connectivity index (χ1n) is 24.7. The van der Waals surface area contributed by atoms with Crippen LogP contribution < -0.4 is 4.90 Å². The normalized spacial score (nSPS) is 11.3. The molecule has 0 aliphatic heterocycles. The highest BCUT2D eigenvalue weighted by Crippen LogP contribution is 2.44. The monoisotopic (exact) mass is 916 g/mol. The van der Waals surface area contributed by atoms with Crippen LogP contribution in [0.2, 0.25) is 0 Å². The van der Waals surface area contributed by atoms with Gasteiger partial charge in [0.25, 0.3) is 0 Å². The van der Waals surface area contributed by atoms with E-state index in [2.05, 4.69) is 301 Å². The number of anilines is 3. The molecule has 338 valence electrons. The summed E-state index contributed by atoms with van der Waals surface area (Å²) in [5.74, 6) is 0. The number of rotatable bonds is 10. The molecular formula is C70H48N2. The van der Waals surface area contributed by atoms with E-state index in [9.17, 15) is 0 Å². The smallest absolute Gasteiger partial charge is 0.0547 e. The number of hydrogen-bond acceptors (Lipinski definition) is 1. The van der Waals surface area contributed by atoms with Crippen LogP contribution in [0.15, 0.2) is 291 Å². The zero-order valence-corrected chi connectivity index (χ0v) is 39.6. The van der Waals surface area contributed by atoms with Gasteiger partial charge in [0.2, 0.25) is 0 Å². The highest BCUT2D eigenvalue weighted by atomic mass is 15.1. The van der Waals surface area contributed by atoms with E-state index in [0.717, 1.165) is 33.9 Å². The maximum atomic E-state index is 2.42. The quantitative estimate of drug-likeness (QED) is 0.133. The number of nitrogens with zero attached hydrogens (tertiary/aromatic N) is 2. The average molecular weight is 917 g/mol. The first-order chi connectivity index (χ1) is 35.7. The molecular weight excluding hydrogens is 869 g/mol. The highest BCUT2D eigenvalue weighted by Gasteiger charge is 2.20. The Kier molecular flexibility index (Phi) is 10.9. The van der Waals surface area contributed by atoms with Gasteiger partial charge in [-0.25, -0.2) is 0 Å². The van der Waals surface area contributed by atoms with Crippen molar-refractivity contribution in [1.82, 2.24) is 4.57 Å². The molecule has 12 aromatic carbocycles. The van der Waals surface area contributed by atoms with Crippen LogP contribution in [0, 0.1) is 0 Å². The van der Waals surface area contributed by atoms with Gasteiger partial charge in [0.15, 0.2) is 0 Å². The number of para-hydroxylation sites is 1. The fraction of sp³-hybridized carbons (Fsp3) is 0. The molecule has 1 aromatic heterocycles. The fourth-order valence-electron chi connectivity index (χ4n) is 10.6. The zero-order chi connectivity index (χ0) is 47.8. The summed E-state index contributed by atoms with van der Waals surface area (Å²) in [6, 6.07) is 106. The Morgan fingerprint density at radius 3 is 1.22 bits per heavy atom. The van der Waals surface area contributed by atoms with Gasteiger partial charge in [0, 0.05) is 33.5 Å². The zero-order valence-electron chi connectivity index (χ0n) is 39.6. The molecule has 0 aliphatic rings. The van der Waals surface area contributed by atoms with Gasteiger partial charge >= 0.3 is 0 Å². The number of aromatic nitrogens is 1. The van der Waals surface area contributed by atoms with Crippen LogP contribution in [0.1, 0.15) is 0 Å². The minimum Gasteiger partial charge on any atom is -0.310 e. The molecule has 0 bridgehead atoms. The third-order valence-electron chi connectivity index (χ3n) is 14.1. The minimum atomic E-state index is 1.07. The number of hydrogen-bond donors (Lipinski definition) is 0. The Bertz CT molecular complexity index is 3990. The summed E-state index contributed by atoms with van der Waals surface area (Å²) in [7, 11) is 0. The Morgan fingerprint density at radius 1 is 0.236 bits per heavy atom. The molecule has 0 unspecified atom stereocenters.